The van der Waals surface area contributed by atoms with Crippen molar-refractivity contribution in [2.24, 2.45) is 5.92 Å². The molecule has 4 nitrogen and oxygen atoms in total. The van der Waals surface area contributed by atoms with Crippen molar-refractivity contribution >= 4 is 29.0 Å². The summed E-state index contributed by atoms with van der Waals surface area (Å²) in [6.07, 6.45) is -2.61. The van der Waals surface area contributed by atoms with Crippen LogP contribution in [0.3, 0.4) is 0 Å². The molecule has 2 aromatic rings. The fraction of sp³-hybridized carbons (Fsp3) is 0.333. The van der Waals surface area contributed by atoms with Crippen LogP contribution in [0.25, 0.3) is 0 Å². The van der Waals surface area contributed by atoms with Crippen LogP contribution in [0.2, 0.25) is 5.02 Å². The van der Waals surface area contributed by atoms with Crippen molar-refractivity contribution in [2.75, 3.05) is 23.3 Å². The minimum absolute atomic E-state index is 0.0555. The maximum atomic E-state index is 12.7. The molecule has 1 amide bonds. The zero-order chi connectivity index (χ0) is 18.7. The fourth-order valence-electron chi connectivity index (χ4n) is 2.90. The summed E-state index contributed by atoms with van der Waals surface area (Å²) in [4.78, 5) is 18.3. The third-order valence-electron chi connectivity index (χ3n) is 4.41. The third-order valence-corrected chi connectivity index (χ3v) is 4.74. The molecule has 3 rings (SSSR count). The first kappa shape index (κ1) is 18.5. The third kappa shape index (κ3) is 4.27. The minimum Gasteiger partial charge on any atom is -0.357 e. The summed E-state index contributed by atoms with van der Waals surface area (Å²) in [5.74, 6) is -1.03. The van der Waals surface area contributed by atoms with Crippen molar-refractivity contribution in [3.8, 4) is 0 Å². The number of nitrogens with one attached hydrogen (secondary N) is 1. The number of aromatic nitrogens is 1. The van der Waals surface area contributed by atoms with E-state index >= 15 is 0 Å². The lowest BCUT2D eigenvalue weighted by atomic mass is 9.96. The van der Waals surface area contributed by atoms with E-state index < -0.39 is 12.1 Å². The molecule has 1 aromatic heterocycles. The van der Waals surface area contributed by atoms with Crippen LogP contribution in [0, 0.1) is 5.92 Å². The molecule has 0 radical (unpaired) electrons. The summed E-state index contributed by atoms with van der Waals surface area (Å²) in [5, 5.41) is 3.13. The predicted octanol–water partition coefficient (Wildman–Crippen LogP) is 4.77. The molecule has 0 aliphatic carbocycles. The lowest BCUT2D eigenvalue weighted by Gasteiger charge is -2.33. The average Bonchev–Trinajstić information content (AvgIpc) is 2.63. The van der Waals surface area contributed by atoms with Crippen molar-refractivity contribution in [3.63, 3.8) is 0 Å². The number of nitrogens with zero attached hydrogens (tertiary/aromatic N) is 2. The number of carbonyl (C=O) groups is 1. The predicted molar refractivity (Wildman–Crippen MR) is 94.6 cm³/mol. The molecule has 0 atom stereocenters. The summed E-state index contributed by atoms with van der Waals surface area (Å²) < 4.78 is 38.2. The topological polar surface area (TPSA) is 45.2 Å². The van der Waals surface area contributed by atoms with Crippen LogP contribution in [-0.4, -0.2) is 30.2 Å². The van der Waals surface area contributed by atoms with Gasteiger partial charge in [0.25, 0.3) is 5.91 Å². The molecule has 1 fully saturated rings. The zero-order valence-electron chi connectivity index (χ0n) is 13.8. The first-order valence-corrected chi connectivity index (χ1v) is 8.56. The quantitative estimate of drug-likeness (QED) is 0.830. The van der Waals surface area contributed by atoms with Crippen LogP contribution >= 0.6 is 11.6 Å². The van der Waals surface area contributed by atoms with E-state index in [1.165, 1.54) is 6.20 Å². The van der Waals surface area contributed by atoms with Crippen LogP contribution in [0.1, 0.15) is 23.2 Å². The van der Waals surface area contributed by atoms with Crippen molar-refractivity contribution in [2.45, 2.75) is 19.0 Å². The van der Waals surface area contributed by atoms with E-state index in [0.717, 1.165) is 0 Å². The van der Waals surface area contributed by atoms with Gasteiger partial charge in [0.2, 0.25) is 0 Å². The number of piperidine rings is 1. The summed E-state index contributed by atoms with van der Waals surface area (Å²) >= 11 is 6.01. The molecule has 138 valence electrons. The number of rotatable bonds is 3. The zero-order valence-corrected chi connectivity index (χ0v) is 14.5. The van der Waals surface area contributed by atoms with Gasteiger partial charge in [-0.3, -0.25) is 4.79 Å². The fourth-order valence-corrected chi connectivity index (χ4v) is 3.08. The van der Waals surface area contributed by atoms with Gasteiger partial charge in [-0.25, -0.2) is 4.98 Å². The highest BCUT2D eigenvalue weighted by Crippen LogP contribution is 2.35. The molecule has 1 aromatic carbocycles. The Hall–Kier alpha value is -2.28. The second-order valence-corrected chi connectivity index (χ2v) is 6.55. The minimum atomic E-state index is -4.14. The van der Waals surface area contributed by atoms with Crippen molar-refractivity contribution in [3.05, 3.63) is 53.2 Å². The van der Waals surface area contributed by atoms with Gasteiger partial charge in [-0.2, -0.15) is 13.2 Å². The van der Waals surface area contributed by atoms with Crippen molar-refractivity contribution < 1.29 is 18.0 Å². The van der Waals surface area contributed by atoms with E-state index in [9.17, 15) is 18.0 Å². The Balaban J connectivity index is 1.62. The highest BCUT2D eigenvalue weighted by atomic mass is 35.5. The molecular formula is C18H17ClF3N3O. The summed E-state index contributed by atoms with van der Waals surface area (Å²) in [6, 6.07) is 10.1. The molecule has 0 saturated carbocycles. The number of halogens is 4. The van der Waals surface area contributed by atoms with Crippen molar-refractivity contribution in [1.82, 2.24) is 4.98 Å². The Morgan fingerprint density at radius 3 is 2.42 bits per heavy atom. The lowest BCUT2D eigenvalue weighted by Crippen LogP contribution is -2.39. The summed E-state index contributed by atoms with van der Waals surface area (Å²) in [5.41, 5.74) is 0.844. The van der Waals surface area contributed by atoms with E-state index in [0.29, 0.717) is 35.2 Å². The van der Waals surface area contributed by atoms with Gasteiger partial charge < -0.3 is 10.2 Å². The second kappa shape index (κ2) is 7.53. The van der Waals surface area contributed by atoms with E-state index in [1.807, 2.05) is 0 Å². The maximum absolute atomic E-state index is 12.7. The number of alkyl halides is 3. The van der Waals surface area contributed by atoms with Gasteiger partial charge in [-0.15, -0.1) is 0 Å². The number of hydrogen-bond acceptors (Lipinski definition) is 3. The SMILES string of the molecule is O=C(Nc1ccccc1Cl)c1ccc(N2CCC(C(F)(F)F)CC2)nc1. The number of para-hydroxylation sites is 1. The maximum Gasteiger partial charge on any atom is 0.391 e. The van der Waals surface area contributed by atoms with E-state index in [-0.39, 0.29) is 18.7 Å². The Morgan fingerprint density at radius 2 is 1.85 bits per heavy atom. The smallest absolute Gasteiger partial charge is 0.357 e. The van der Waals surface area contributed by atoms with Gasteiger partial charge in [0.05, 0.1) is 22.2 Å². The van der Waals surface area contributed by atoms with Gasteiger partial charge in [0.15, 0.2) is 0 Å². The lowest BCUT2D eigenvalue weighted by molar-refractivity contribution is -0.179. The Labute approximate surface area is 154 Å². The van der Waals surface area contributed by atoms with Gasteiger partial charge in [0.1, 0.15) is 5.82 Å². The molecule has 2 heterocycles. The Bertz CT molecular complexity index is 772. The van der Waals surface area contributed by atoms with Gasteiger partial charge >= 0.3 is 6.18 Å². The average molecular weight is 384 g/mol. The molecular weight excluding hydrogens is 367 g/mol. The van der Waals surface area contributed by atoms with E-state index in [1.54, 1.807) is 41.3 Å². The largest absolute Gasteiger partial charge is 0.391 e. The number of anilines is 2. The highest BCUT2D eigenvalue weighted by molar-refractivity contribution is 6.33. The summed E-state index contributed by atoms with van der Waals surface area (Å²) in [6.45, 7) is 0.588. The van der Waals surface area contributed by atoms with Crippen LogP contribution < -0.4 is 10.2 Å². The highest BCUT2D eigenvalue weighted by Gasteiger charge is 2.41. The van der Waals surface area contributed by atoms with Crippen LogP contribution in [0.15, 0.2) is 42.6 Å². The van der Waals surface area contributed by atoms with Gasteiger partial charge in [-0.1, -0.05) is 23.7 Å². The number of pyridine rings is 1. The molecule has 1 N–H and O–H groups in total. The van der Waals surface area contributed by atoms with Crippen LogP contribution in [0.4, 0.5) is 24.7 Å². The van der Waals surface area contributed by atoms with Crippen LogP contribution in [0.5, 0.6) is 0 Å². The molecule has 8 heteroatoms. The molecule has 1 aliphatic heterocycles. The number of carbonyl (C=O) groups excluding carboxylic acids is 1. The van der Waals surface area contributed by atoms with Gasteiger partial charge in [-0.05, 0) is 37.1 Å². The number of amides is 1. The molecule has 1 aliphatic rings. The summed E-state index contributed by atoms with van der Waals surface area (Å²) in [7, 11) is 0. The van der Waals surface area contributed by atoms with Crippen LogP contribution in [-0.2, 0) is 0 Å². The first-order valence-electron chi connectivity index (χ1n) is 8.18. The van der Waals surface area contributed by atoms with E-state index in [2.05, 4.69) is 10.3 Å². The monoisotopic (exact) mass is 383 g/mol. The van der Waals surface area contributed by atoms with Gasteiger partial charge in [0, 0.05) is 19.3 Å². The van der Waals surface area contributed by atoms with E-state index in [4.69, 9.17) is 11.6 Å². The first-order chi connectivity index (χ1) is 12.3. The number of benzene rings is 1. The normalized spacial score (nSPS) is 15.8. The number of hydrogen-bond donors (Lipinski definition) is 1. The molecule has 0 spiro atoms. The second-order valence-electron chi connectivity index (χ2n) is 6.14. The van der Waals surface area contributed by atoms with Crippen molar-refractivity contribution in [1.29, 1.82) is 0 Å². The molecule has 26 heavy (non-hydrogen) atoms. The molecule has 0 unspecified atom stereocenters. The Kier molecular flexibility index (Phi) is 5.36. The standard InChI is InChI=1S/C18H17ClF3N3O/c19-14-3-1-2-4-15(14)24-17(26)12-5-6-16(23-11-12)25-9-7-13(8-10-25)18(20,21)22/h1-6,11,13H,7-10H2,(H,24,26). The Morgan fingerprint density at radius 1 is 1.15 bits per heavy atom. The molecule has 0 bridgehead atoms. The molecule has 1 saturated heterocycles.